The maximum absolute atomic E-state index is 11.2. The molecule has 0 fully saturated rings. The largest absolute Gasteiger partial charge is 0.612 e. The predicted molar refractivity (Wildman–Crippen MR) is 61.8 cm³/mol. The number of hydrogen-bond acceptors (Lipinski definition) is 3. The zero-order valence-electron chi connectivity index (χ0n) is 8.40. The Bertz CT molecular complexity index is 340. The zero-order chi connectivity index (χ0) is 10.0. The predicted octanol–water partition coefficient (Wildman–Crippen LogP) is 1.53. The molecule has 0 saturated heterocycles. The number of ketones is 1. The summed E-state index contributed by atoms with van der Waals surface area (Å²) in [6, 6.07) is 5.00. The number of rotatable bonds is 2. The van der Waals surface area contributed by atoms with Gasteiger partial charge in [-0.15, -0.1) is 12.6 Å². The standard InChI is InChI=1S/C9H10O2S2.Na/c1-6(10)7-3-4-8(12)9(5-7)13(2)11;/h3-5,12H,1-2H3;. The number of benzene rings is 1. The van der Waals surface area contributed by atoms with E-state index in [9.17, 15) is 9.35 Å². The van der Waals surface area contributed by atoms with Crippen LogP contribution in [0.15, 0.2) is 28.0 Å². The molecule has 1 radical (unpaired) electrons. The van der Waals surface area contributed by atoms with Crippen LogP contribution in [0.1, 0.15) is 17.3 Å². The minimum absolute atomic E-state index is 0. The van der Waals surface area contributed by atoms with E-state index in [1.54, 1.807) is 24.5 Å². The van der Waals surface area contributed by atoms with Crippen molar-refractivity contribution in [2.75, 3.05) is 6.26 Å². The van der Waals surface area contributed by atoms with Crippen molar-refractivity contribution < 1.29 is 9.35 Å². The van der Waals surface area contributed by atoms with Crippen molar-refractivity contribution in [1.82, 2.24) is 0 Å². The average molecular weight is 237 g/mol. The molecule has 1 atom stereocenters. The number of carbonyl (C=O) groups is 1. The Hall–Kier alpha value is 0.550. The van der Waals surface area contributed by atoms with Gasteiger partial charge in [-0.1, -0.05) is 0 Å². The second-order valence-electron chi connectivity index (χ2n) is 2.69. The van der Waals surface area contributed by atoms with E-state index in [0.29, 0.717) is 15.4 Å². The first-order valence-corrected chi connectivity index (χ1v) is 5.70. The van der Waals surface area contributed by atoms with Crippen molar-refractivity contribution in [1.29, 1.82) is 0 Å². The van der Waals surface area contributed by atoms with E-state index < -0.39 is 11.2 Å². The minimum Gasteiger partial charge on any atom is -0.612 e. The maximum Gasteiger partial charge on any atom is 0.166 e. The van der Waals surface area contributed by atoms with Crippen molar-refractivity contribution in [3.63, 3.8) is 0 Å². The second kappa shape index (κ2) is 6.20. The summed E-state index contributed by atoms with van der Waals surface area (Å²) in [7, 11) is 0. The summed E-state index contributed by atoms with van der Waals surface area (Å²) in [6.45, 7) is 1.48. The van der Waals surface area contributed by atoms with Crippen molar-refractivity contribution in [3.8, 4) is 0 Å². The maximum atomic E-state index is 11.2. The first kappa shape index (κ1) is 14.6. The van der Waals surface area contributed by atoms with Gasteiger partial charge in [0.1, 0.15) is 6.26 Å². The topological polar surface area (TPSA) is 40.1 Å². The van der Waals surface area contributed by atoms with Gasteiger partial charge < -0.3 is 4.55 Å². The molecule has 0 bridgehead atoms. The molecular weight excluding hydrogens is 227 g/mol. The third kappa shape index (κ3) is 3.61. The molecule has 0 amide bonds. The van der Waals surface area contributed by atoms with Gasteiger partial charge in [-0.25, -0.2) is 0 Å². The molecule has 1 rings (SSSR count). The van der Waals surface area contributed by atoms with Gasteiger partial charge in [-0.2, -0.15) is 0 Å². The van der Waals surface area contributed by atoms with Crippen LogP contribution in [0.2, 0.25) is 0 Å². The van der Waals surface area contributed by atoms with Crippen LogP contribution in [0, 0.1) is 0 Å². The molecule has 5 heteroatoms. The van der Waals surface area contributed by atoms with Crippen LogP contribution in [0.4, 0.5) is 0 Å². The molecule has 14 heavy (non-hydrogen) atoms. The summed E-state index contributed by atoms with van der Waals surface area (Å²) >= 11 is 3.05. The minimum atomic E-state index is -1.10. The quantitative estimate of drug-likeness (QED) is 0.367. The van der Waals surface area contributed by atoms with E-state index in [2.05, 4.69) is 12.6 Å². The summed E-state index contributed by atoms with van der Waals surface area (Å²) in [5.74, 6) is -0.0277. The van der Waals surface area contributed by atoms with E-state index in [0.717, 1.165) is 0 Å². The molecule has 0 N–H and O–H groups in total. The first-order chi connectivity index (χ1) is 6.02. The zero-order valence-corrected chi connectivity index (χ0v) is 12.1. The summed E-state index contributed by atoms with van der Waals surface area (Å²) in [5, 5.41) is 0. The molecule has 0 aromatic heterocycles. The fourth-order valence-corrected chi connectivity index (χ4v) is 2.14. The van der Waals surface area contributed by atoms with Gasteiger partial charge in [0.05, 0.1) is 4.90 Å². The Morgan fingerprint density at radius 3 is 2.50 bits per heavy atom. The van der Waals surface area contributed by atoms with Crippen LogP contribution in [-0.4, -0.2) is 46.1 Å². The van der Waals surface area contributed by atoms with E-state index in [-0.39, 0.29) is 35.3 Å². The first-order valence-electron chi connectivity index (χ1n) is 3.69. The van der Waals surface area contributed by atoms with Gasteiger partial charge in [0, 0.05) is 41.2 Å². The van der Waals surface area contributed by atoms with Crippen molar-refractivity contribution >= 4 is 59.1 Å². The fraction of sp³-hybridized carbons (Fsp3) is 0.222. The van der Waals surface area contributed by atoms with Crippen LogP contribution in [0.25, 0.3) is 0 Å². The van der Waals surface area contributed by atoms with Crippen molar-refractivity contribution in [3.05, 3.63) is 23.8 Å². The molecule has 1 aromatic carbocycles. The third-order valence-corrected chi connectivity index (χ3v) is 3.17. The molecule has 0 aliphatic heterocycles. The normalized spacial score (nSPS) is 11.7. The SMILES string of the molecule is CC(=O)c1ccc(S)c([S+](C)[O-])c1.[Na]. The molecule has 0 spiro atoms. The number of thiol groups is 1. The van der Waals surface area contributed by atoms with Gasteiger partial charge in [-0.05, 0) is 30.2 Å². The molecule has 0 aliphatic rings. The van der Waals surface area contributed by atoms with Crippen molar-refractivity contribution in [2.45, 2.75) is 16.7 Å². The Morgan fingerprint density at radius 2 is 2.07 bits per heavy atom. The fourth-order valence-electron chi connectivity index (χ4n) is 0.963. The average Bonchev–Trinajstić information content (AvgIpc) is 2.04. The van der Waals surface area contributed by atoms with Crippen LogP contribution < -0.4 is 0 Å². The molecule has 1 unspecified atom stereocenters. The Kier molecular flexibility index (Phi) is 6.45. The second-order valence-corrected chi connectivity index (χ2v) is 4.52. The van der Waals surface area contributed by atoms with Gasteiger partial charge >= 0.3 is 0 Å². The molecular formula is C9H10NaO2S2. The molecule has 0 saturated carbocycles. The van der Waals surface area contributed by atoms with Gasteiger partial charge in [-0.3, -0.25) is 4.79 Å². The number of hydrogen-bond donors (Lipinski definition) is 1. The van der Waals surface area contributed by atoms with Crippen LogP contribution in [0.5, 0.6) is 0 Å². The Labute approximate surface area is 114 Å². The Morgan fingerprint density at radius 1 is 1.50 bits per heavy atom. The van der Waals surface area contributed by atoms with E-state index >= 15 is 0 Å². The van der Waals surface area contributed by atoms with Gasteiger partial charge in [0.25, 0.3) is 0 Å². The van der Waals surface area contributed by atoms with Crippen LogP contribution in [0.3, 0.4) is 0 Å². The van der Waals surface area contributed by atoms with E-state index in [1.165, 1.54) is 6.92 Å². The summed E-state index contributed by atoms with van der Waals surface area (Å²) in [5.41, 5.74) is 0.572. The van der Waals surface area contributed by atoms with Crippen LogP contribution in [-0.2, 0) is 11.2 Å². The molecule has 0 aliphatic carbocycles. The third-order valence-electron chi connectivity index (χ3n) is 1.68. The Balaban J connectivity index is 0.00000169. The van der Waals surface area contributed by atoms with Crippen LogP contribution >= 0.6 is 12.6 Å². The number of carbonyl (C=O) groups excluding carboxylic acids is 1. The summed E-state index contributed by atoms with van der Waals surface area (Å²) in [4.78, 5) is 12.3. The summed E-state index contributed by atoms with van der Waals surface area (Å²) < 4.78 is 11.2. The smallest absolute Gasteiger partial charge is 0.166 e. The van der Waals surface area contributed by atoms with Gasteiger partial charge in [0.15, 0.2) is 10.7 Å². The number of Topliss-reactive ketones (excluding diaryl/α,β-unsaturated/α-hetero) is 1. The molecule has 2 nitrogen and oxygen atoms in total. The van der Waals surface area contributed by atoms with Gasteiger partial charge in [0.2, 0.25) is 0 Å². The molecule has 1 aromatic rings. The van der Waals surface area contributed by atoms with E-state index in [1.807, 2.05) is 0 Å². The monoisotopic (exact) mass is 237 g/mol. The summed E-state index contributed by atoms with van der Waals surface area (Å²) in [6.07, 6.45) is 1.57. The molecule has 71 valence electrons. The van der Waals surface area contributed by atoms with Crippen molar-refractivity contribution in [2.24, 2.45) is 0 Å². The molecule has 0 heterocycles. The van der Waals surface area contributed by atoms with E-state index in [4.69, 9.17) is 0 Å².